The smallest absolute Gasteiger partial charge is 0.240 e. The van der Waals surface area contributed by atoms with Crippen molar-refractivity contribution < 1.29 is 14.3 Å². The zero-order valence-electron chi connectivity index (χ0n) is 7.87. The summed E-state index contributed by atoms with van der Waals surface area (Å²) >= 11 is 0. The molecule has 1 heterocycles. The summed E-state index contributed by atoms with van der Waals surface area (Å²) in [6.45, 7) is 3.00. The third-order valence-corrected chi connectivity index (χ3v) is 2.00. The quantitative estimate of drug-likeness (QED) is 0.573. The van der Waals surface area contributed by atoms with E-state index in [2.05, 4.69) is 5.32 Å². The number of hydrogen-bond donors (Lipinski definition) is 1. The molecule has 1 saturated heterocycles. The van der Waals surface area contributed by atoms with Crippen LogP contribution in [-0.2, 0) is 14.3 Å². The number of rotatable bonds is 3. The maximum Gasteiger partial charge on any atom is 0.240 e. The number of carbonyl (C=O) groups excluding carboxylic acids is 2. The van der Waals surface area contributed by atoms with Crippen LogP contribution < -0.4 is 5.32 Å². The van der Waals surface area contributed by atoms with Crippen LogP contribution in [0.1, 0.15) is 6.92 Å². The third-order valence-electron chi connectivity index (χ3n) is 2.00. The first-order chi connectivity index (χ1) is 6.13. The van der Waals surface area contributed by atoms with Gasteiger partial charge in [0.05, 0.1) is 19.7 Å². The molecule has 0 aromatic heterocycles. The summed E-state index contributed by atoms with van der Waals surface area (Å²) in [6.07, 6.45) is 0. The van der Waals surface area contributed by atoms with Crippen LogP contribution in [0, 0.1) is 0 Å². The number of carbonyl (C=O) groups is 2. The molecular formula is C8H14N2O3. The van der Waals surface area contributed by atoms with Crippen molar-refractivity contribution in [3.63, 3.8) is 0 Å². The lowest BCUT2D eigenvalue weighted by Crippen LogP contribution is -2.54. The Balaban J connectivity index is 2.49. The molecule has 1 aliphatic heterocycles. The molecule has 5 heteroatoms. The van der Waals surface area contributed by atoms with Crippen LogP contribution in [0.5, 0.6) is 0 Å². The number of nitrogens with zero attached hydrogens (tertiary/aromatic N) is 1. The van der Waals surface area contributed by atoms with Gasteiger partial charge < -0.3 is 4.74 Å². The highest BCUT2D eigenvalue weighted by Gasteiger charge is 2.25. The molecule has 0 aliphatic carbocycles. The molecule has 0 spiro atoms. The zero-order chi connectivity index (χ0) is 9.84. The van der Waals surface area contributed by atoms with E-state index in [9.17, 15) is 9.59 Å². The summed E-state index contributed by atoms with van der Waals surface area (Å²) in [5, 5.41) is 2.25. The van der Waals surface area contributed by atoms with Gasteiger partial charge in [0.15, 0.2) is 0 Å². The lowest BCUT2D eigenvalue weighted by molar-refractivity contribution is -0.137. The van der Waals surface area contributed by atoms with Gasteiger partial charge in [-0.1, -0.05) is 0 Å². The van der Waals surface area contributed by atoms with Gasteiger partial charge in [0.1, 0.15) is 0 Å². The second kappa shape index (κ2) is 4.34. The Kier molecular flexibility index (Phi) is 3.39. The first-order valence-corrected chi connectivity index (χ1v) is 4.19. The molecule has 2 amide bonds. The monoisotopic (exact) mass is 186 g/mol. The Bertz CT molecular complexity index is 201. The SMILES string of the molecule is COCC(C)N1CC(=O)NC(=O)C1. The molecule has 13 heavy (non-hydrogen) atoms. The molecule has 5 nitrogen and oxygen atoms in total. The largest absolute Gasteiger partial charge is 0.383 e. The van der Waals surface area contributed by atoms with E-state index in [1.54, 1.807) is 12.0 Å². The van der Waals surface area contributed by atoms with Gasteiger partial charge in [0.25, 0.3) is 0 Å². The molecule has 1 aliphatic rings. The van der Waals surface area contributed by atoms with E-state index in [1.165, 1.54) is 0 Å². The van der Waals surface area contributed by atoms with Gasteiger partial charge in [-0.25, -0.2) is 0 Å². The van der Waals surface area contributed by atoms with Crippen LogP contribution in [-0.4, -0.2) is 49.6 Å². The van der Waals surface area contributed by atoms with Crippen LogP contribution in [0.3, 0.4) is 0 Å². The maximum absolute atomic E-state index is 11.0. The molecule has 74 valence electrons. The standard InChI is InChI=1S/C8H14N2O3/c1-6(5-13-2)10-3-7(11)9-8(12)4-10/h6H,3-5H2,1-2H3,(H,9,11,12). The summed E-state index contributed by atoms with van der Waals surface area (Å²) in [4.78, 5) is 23.8. The average Bonchev–Trinajstić information content (AvgIpc) is 2.03. The highest BCUT2D eigenvalue weighted by Crippen LogP contribution is 2.02. The molecule has 0 aromatic rings. The Morgan fingerprint density at radius 3 is 2.46 bits per heavy atom. The molecule has 1 unspecified atom stereocenters. The zero-order valence-corrected chi connectivity index (χ0v) is 7.87. The molecule has 1 rings (SSSR count). The fraction of sp³-hybridized carbons (Fsp3) is 0.750. The predicted molar refractivity (Wildman–Crippen MR) is 46.1 cm³/mol. The van der Waals surface area contributed by atoms with Crippen LogP contribution in [0.4, 0.5) is 0 Å². The second-order valence-electron chi connectivity index (χ2n) is 3.18. The molecule has 1 fully saturated rings. The molecular weight excluding hydrogens is 172 g/mol. The molecule has 0 aromatic carbocycles. The molecule has 1 N–H and O–H groups in total. The van der Waals surface area contributed by atoms with Gasteiger partial charge >= 0.3 is 0 Å². The van der Waals surface area contributed by atoms with Gasteiger partial charge in [-0.05, 0) is 6.92 Å². The number of ether oxygens (including phenoxy) is 1. The van der Waals surface area contributed by atoms with Gasteiger partial charge in [0.2, 0.25) is 11.8 Å². The fourth-order valence-corrected chi connectivity index (χ4v) is 1.32. The van der Waals surface area contributed by atoms with Crippen molar-refractivity contribution >= 4 is 11.8 Å². The topological polar surface area (TPSA) is 58.6 Å². The minimum absolute atomic E-state index is 0.0972. The van der Waals surface area contributed by atoms with E-state index in [0.717, 1.165) is 0 Å². The highest BCUT2D eigenvalue weighted by molar-refractivity contribution is 5.99. The first-order valence-electron chi connectivity index (χ1n) is 4.19. The minimum atomic E-state index is -0.237. The van der Waals surface area contributed by atoms with E-state index in [0.29, 0.717) is 6.61 Å². The van der Waals surface area contributed by atoms with Crippen molar-refractivity contribution in [2.75, 3.05) is 26.8 Å². The van der Waals surface area contributed by atoms with E-state index in [-0.39, 0.29) is 30.9 Å². The van der Waals surface area contributed by atoms with Gasteiger partial charge in [0, 0.05) is 13.2 Å². The van der Waals surface area contributed by atoms with Crippen molar-refractivity contribution in [1.29, 1.82) is 0 Å². The number of nitrogens with one attached hydrogen (secondary N) is 1. The fourth-order valence-electron chi connectivity index (χ4n) is 1.32. The van der Waals surface area contributed by atoms with E-state index < -0.39 is 0 Å². The van der Waals surface area contributed by atoms with Gasteiger partial charge in [-0.2, -0.15) is 0 Å². The minimum Gasteiger partial charge on any atom is -0.383 e. The van der Waals surface area contributed by atoms with Crippen LogP contribution in [0.2, 0.25) is 0 Å². The molecule has 0 saturated carbocycles. The number of methoxy groups -OCH3 is 1. The Morgan fingerprint density at radius 1 is 1.46 bits per heavy atom. The van der Waals surface area contributed by atoms with Gasteiger partial charge in [-0.15, -0.1) is 0 Å². The second-order valence-corrected chi connectivity index (χ2v) is 3.18. The summed E-state index contributed by atoms with van der Waals surface area (Å²) in [5.41, 5.74) is 0. The van der Waals surface area contributed by atoms with Crippen molar-refractivity contribution in [2.24, 2.45) is 0 Å². The van der Waals surface area contributed by atoms with E-state index >= 15 is 0 Å². The number of imide groups is 1. The van der Waals surface area contributed by atoms with Gasteiger partial charge in [-0.3, -0.25) is 19.8 Å². The lowest BCUT2D eigenvalue weighted by Gasteiger charge is -2.30. The number of amides is 2. The average molecular weight is 186 g/mol. The summed E-state index contributed by atoms with van der Waals surface area (Å²) in [7, 11) is 1.60. The summed E-state index contributed by atoms with van der Waals surface area (Å²) < 4.78 is 4.94. The number of hydrogen-bond acceptors (Lipinski definition) is 4. The number of piperazine rings is 1. The highest BCUT2D eigenvalue weighted by atomic mass is 16.5. The van der Waals surface area contributed by atoms with E-state index in [1.807, 2.05) is 6.92 Å². The van der Waals surface area contributed by atoms with E-state index in [4.69, 9.17) is 4.74 Å². The Morgan fingerprint density at radius 2 is 2.00 bits per heavy atom. The predicted octanol–water partition coefficient (Wildman–Crippen LogP) is -1.02. The molecule has 0 bridgehead atoms. The van der Waals surface area contributed by atoms with Crippen LogP contribution in [0.15, 0.2) is 0 Å². The third kappa shape index (κ3) is 2.78. The first kappa shape index (κ1) is 10.1. The molecule has 0 radical (unpaired) electrons. The normalized spacial score (nSPS) is 21.4. The summed E-state index contributed by atoms with van der Waals surface area (Å²) in [6, 6.07) is 0.0972. The Labute approximate surface area is 77.0 Å². The Hall–Kier alpha value is -0.940. The maximum atomic E-state index is 11.0. The van der Waals surface area contributed by atoms with Crippen molar-refractivity contribution in [1.82, 2.24) is 10.2 Å². The van der Waals surface area contributed by atoms with Crippen LogP contribution >= 0.6 is 0 Å². The van der Waals surface area contributed by atoms with Crippen molar-refractivity contribution in [2.45, 2.75) is 13.0 Å². The van der Waals surface area contributed by atoms with Crippen LogP contribution in [0.25, 0.3) is 0 Å². The van der Waals surface area contributed by atoms with Crippen molar-refractivity contribution in [3.05, 3.63) is 0 Å². The lowest BCUT2D eigenvalue weighted by atomic mass is 10.2. The summed E-state index contributed by atoms with van der Waals surface area (Å²) in [5.74, 6) is -0.474. The molecule has 1 atom stereocenters. The van der Waals surface area contributed by atoms with Crippen molar-refractivity contribution in [3.8, 4) is 0 Å².